The Kier molecular flexibility index (Phi) is 24.6. The van der Waals surface area contributed by atoms with E-state index in [4.69, 9.17) is 14.2 Å². The number of nitrogens with one attached hydrogen (secondary N) is 6. The maximum Gasteiger partial charge on any atom is 0.328 e. The van der Waals surface area contributed by atoms with E-state index in [-0.39, 0.29) is 45.1 Å². The first kappa shape index (κ1) is 62.3. The van der Waals surface area contributed by atoms with Crippen molar-refractivity contribution in [2.24, 2.45) is 11.8 Å². The maximum atomic E-state index is 14.3. The number of carbonyl (C=O) groups is 11. The minimum atomic E-state index is -1.55. The zero-order valence-corrected chi connectivity index (χ0v) is 43.9. The van der Waals surface area contributed by atoms with Crippen molar-refractivity contribution in [2.75, 3.05) is 13.2 Å². The van der Waals surface area contributed by atoms with Crippen molar-refractivity contribution in [2.45, 2.75) is 214 Å². The van der Waals surface area contributed by atoms with Crippen molar-refractivity contribution < 1.29 is 72.1 Å². The Morgan fingerprint density at radius 3 is 1.53 bits per heavy atom. The van der Waals surface area contributed by atoms with Crippen molar-refractivity contribution in [3.05, 3.63) is 0 Å². The molecule has 22 nitrogen and oxygen atoms in total. The Bertz CT molecular complexity index is 1880. The second-order valence-electron chi connectivity index (χ2n) is 21.2. The molecule has 0 bridgehead atoms. The third-order valence-corrected chi connectivity index (χ3v) is 10.5. The molecule has 1 saturated heterocycles. The number of rotatable bonds is 26. The van der Waals surface area contributed by atoms with Crippen LogP contribution in [0.15, 0.2) is 0 Å². The first-order valence-electron chi connectivity index (χ1n) is 24.0. The number of carboxylic acid groups (broad SMARTS) is 1. The van der Waals surface area contributed by atoms with E-state index in [2.05, 4.69) is 31.9 Å². The molecule has 1 aliphatic heterocycles. The Balaban J connectivity index is 3.36. The van der Waals surface area contributed by atoms with Gasteiger partial charge in [0.1, 0.15) is 41.4 Å². The standard InChI is InChI=1S/C48H81N7O15/c1-16-18-29(38(59)43(64)52-32(45(66)67)25-68-46(7,8)9)50-41(62)33-19-17-24-55(33)44(65)37(27(4)5)54-42(63)36(26(2)3)53-40(61)31(21-23-35(58)70-48(13,14)15)51-39(60)30(49-28(6)56)20-22-34(57)69-47(10,11)12/h26-27,29-33,36-37H,16-25H2,1-15H3,(H,49,56)(H,50,62)(H,51,60)(H,52,64)(H,53,61)(H,54,63)(H,66,67)/t29-,30-,31-,32-,33-,36-,37-/m0/s1. The van der Waals surface area contributed by atoms with Gasteiger partial charge in [-0.25, -0.2) is 4.79 Å². The normalized spacial score (nSPS) is 16.6. The fourth-order valence-electron chi connectivity index (χ4n) is 7.11. The molecule has 0 saturated carbocycles. The van der Waals surface area contributed by atoms with Crippen LogP contribution in [0.4, 0.5) is 0 Å². The molecule has 1 fully saturated rings. The minimum absolute atomic E-state index is 0.0252. The molecule has 0 aromatic rings. The zero-order chi connectivity index (χ0) is 54.1. The van der Waals surface area contributed by atoms with Gasteiger partial charge in [-0.1, -0.05) is 41.0 Å². The van der Waals surface area contributed by atoms with Gasteiger partial charge in [-0.2, -0.15) is 0 Å². The number of carboxylic acids is 1. The van der Waals surface area contributed by atoms with Gasteiger partial charge in [-0.05, 0) is 106 Å². The van der Waals surface area contributed by atoms with Crippen LogP contribution in [0.1, 0.15) is 155 Å². The molecule has 1 heterocycles. The highest BCUT2D eigenvalue weighted by molar-refractivity contribution is 6.38. The second-order valence-corrected chi connectivity index (χ2v) is 21.2. The Hall–Kier alpha value is -5.67. The second kappa shape index (κ2) is 27.7. The lowest BCUT2D eigenvalue weighted by Gasteiger charge is -2.33. The van der Waals surface area contributed by atoms with E-state index in [1.54, 1.807) is 96.9 Å². The summed E-state index contributed by atoms with van der Waals surface area (Å²) < 4.78 is 16.2. The van der Waals surface area contributed by atoms with Gasteiger partial charge in [0.2, 0.25) is 41.2 Å². The zero-order valence-electron chi connectivity index (χ0n) is 43.9. The fourth-order valence-corrected chi connectivity index (χ4v) is 7.11. The van der Waals surface area contributed by atoms with Gasteiger partial charge in [0.15, 0.2) is 6.04 Å². The number of esters is 2. The number of Topliss-reactive ketones (excluding diaryl/α,β-unsaturated/α-hetero) is 1. The Labute approximate surface area is 412 Å². The third kappa shape index (κ3) is 22.8. The van der Waals surface area contributed by atoms with Crippen LogP contribution in [0.3, 0.4) is 0 Å². The van der Waals surface area contributed by atoms with Crippen LogP contribution >= 0.6 is 0 Å². The summed E-state index contributed by atoms with van der Waals surface area (Å²) in [5.41, 5.74) is -2.42. The summed E-state index contributed by atoms with van der Waals surface area (Å²) in [6, 6.07) is -9.31. The van der Waals surface area contributed by atoms with E-state index < -0.39 is 143 Å². The predicted molar refractivity (Wildman–Crippen MR) is 255 cm³/mol. The summed E-state index contributed by atoms with van der Waals surface area (Å²) >= 11 is 0. The fraction of sp³-hybridized carbons (Fsp3) is 0.771. The minimum Gasteiger partial charge on any atom is -0.480 e. The van der Waals surface area contributed by atoms with Gasteiger partial charge >= 0.3 is 17.9 Å². The van der Waals surface area contributed by atoms with Gasteiger partial charge in [-0.3, -0.25) is 47.9 Å². The topological polar surface area (TPSA) is 311 Å². The largest absolute Gasteiger partial charge is 0.480 e. The average Bonchev–Trinajstić information content (AvgIpc) is 3.71. The van der Waals surface area contributed by atoms with Gasteiger partial charge < -0.3 is 56.1 Å². The van der Waals surface area contributed by atoms with E-state index in [0.717, 1.165) is 0 Å². The van der Waals surface area contributed by atoms with E-state index in [0.29, 0.717) is 12.8 Å². The quantitative estimate of drug-likeness (QED) is 0.0480. The van der Waals surface area contributed by atoms with Crippen molar-refractivity contribution in [3.63, 3.8) is 0 Å². The molecule has 70 heavy (non-hydrogen) atoms. The summed E-state index contributed by atoms with van der Waals surface area (Å²) in [6.45, 7) is 24.2. The molecule has 0 radical (unpaired) electrons. The Morgan fingerprint density at radius 1 is 0.600 bits per heavy atom. The highest BCUT2D eigenvalue weighted by atomic mass is 16.6. The van der Waals surface area contributed by atoms with Crippen molar-refractivity contribution in [1.29, 1.82) is 0 Å². The number of amides is 7. The van der Waals surface area contributed by atoms with Crippen molar-refractivity contribution in [1.82, 2.24) is 36.8 Å². The van der Waals surface area contributed by atoms with Gasteiger partial charge in [0.25, 0.3) is 5.91 Å². The van der Waals surface area contributed by atoms with E-state index in [1.807, 2.05) is 0 Å². The highest BCUT2D eigenvalue weighted by Gasteiger charge is 2.42. The summed E-state index contributed by atoms with van der Waals surface area (Å²) in [5.74, 6) is -10.7. The number of carbonyl (C=O) groups excluding carboxylic acids is 10. The van der Waals surface area contributed by atoms with Gasteiger partial charge in [0.05, 0.1) is 18.2 Å². The third-order valence-electron chi connectivity index (χ3n) is 10.5. The number of likely N-dealkylation sites (tertiary alicyclic amines) is 1. The molecule has 7 N–H and O–H groups in total. The first-order valence-corrected chi connectivity index (χ1v) is 24.0. The van der Waals surface area contributed by atoms with Crippen molar-refractivity contribution >= 4 is 65.0 Å². The molecule has 1 rings (SSSR count). The Morgan fingerprint density at radius 2 is 1.09 bits per heavy atom. The lowest BCUT2D eigenvalue weighted by molar-refractivity contribution is -0.156. The van der Waals surface area contributed by atoms with Crippen LogP contribution in [-0.4, -0.2) is 147 Å². The molecule has 0 spiro atoms. The van der Waals surface area contributed by atoms with Crippen LogP contribution < -0.4 is 31.9 Å². The van der Waals surface area contributed by atoms with E-state index in [9.17, 15) is 57.8 Å². The van der Waals surface area contributed by atoms with Crippen LogP contribution in [0.5, 0.6) is 0 Å². The molecular formula is C48H81N7O15. The average molecular weight is 996 g/mol. The maximum absolute atomic E-state index is 14.3. The summed E-state index contributed by atoms with van der Waals surface area (Å²) in [6.07, 6.45) is -0.150. The van der Waals surface area contributed by atoms with Crippen molar-refractivity contribution in [3.8, 4) is 0 Å². The number of ether oxygens (including phenoxy) is 3. The number of hydrogen-bond donors (Lipinski definition) is 7. The molecular weight excluding hydrogens is 915 g/mol. The molecule has 1 aliphatic rings. The molecule has 0 aromatic carbocycles. The summed E-state index contributed by atoms with van der Waals surface area (Å²) in [5, 5.41) is 24.8. The molecule has 0 unspecified atom stereocenters. The lowest BCUT2D eigenvalue weighted by atomic mass is 9.98. The van der Waals surface area contributed by atoms with Crippen LogP contribution in [-0.2, 0) is 67.0 Å². The molecule has 0 aliphatic carbocycles. The number of ketones is 1. The molecule has 22 heteroatoms. The highest BCUT2D eigenvalue weighted by Crippen LogP contribution is 2.22. The van der Waals surface area contributed by atoms with Crippen LogP contribution in [0.25, 0.3) is 0 Å². The first-order chi connectivity index (χ1) is 32.1. The molecule has 7 amide bonds. The molecule has 7 atom stereocenters. The smallest absolute Gasteiger partial charge is 0.328 e. The van der Waals surface area contributed by atoms with E-state index in [1.165, 1.54) is 11.8 Å². The SMILES string of the molecule is CCC[C@H](NC(=O)[C@@H]1CCCN1C(=O)[C@@H](NC(=O)[C@@H](NC(=O)[C@H](CCC(=O)OC(C)(C)C)NC(=O)[C@H](CCC(=O)OC(C)(C)C)NC(C)=O)C(C)C)C(C)C)C(=O)C(=O)N[C@@H](COC(C)(C)C)C(=O)O. The molecule has 398 valence electrons. The molecule has 0 aromatic heterocycles. The van der Waals surface area contributed by atoms with E-state index >= 15 is 0 Å². The number of hydrogen-bond acceptors (Lipinski definition) is 14. The lowest BCUT2D eigenvalue weighted by Crippen LogP contribution is -2.61. The number of nitrogens with zero attached hydrogens (tertiary/aromatic N) is 1. The summed E-state index contributed by atoms with van der Waals surface area (Å²) in [7, 11) is 0. The van der Waals surface area contributed by atoms with Gasteiger partial charge in [-0.15, -0.1) is 0 Å². The monoisotopic (exact) mass is 996 g/mol. The van der Waals surface area contributed by atoms with Crippen LogP contribution in [0.2, 0.25) is 0 Å². The predicted octanol–water partition coefficient (Wildman–Crippen LogP) is 1.73. The summed E-state index contributed by atoms with van der Waals surface area (Å²) in [4.78, 5) is 147. The number of aliphatic carboxylic acids is 1. The van der Waals surface area contributed by atoms with Gasteiger partial charge in [0, 0.05) is 26.3 Å². The van der Waals surface area contributed by atoms with Crippen LogP contribution in [0, 0.1) is 11.8 Å².